The third-order valence-corrected chi connectivity index (χ3v) is 5.97. The van der Waals surface area contributed by atoms with E-state index in [4.69, 9.17) is 11.0 Å². The Morgan fingerprint density at radius 3 is 2.03 bits per heavy atom. The molecule has 0 heterocycles. The first kappa shape index (κ1) is 24.9. The summed E-state index contributed by atoms with van der Waals surface area (Å²) in [4.78, 5) is 37.2. The Bertz CT molecular complexity index is 1570. The summed E-state index contributed by atoms with van der Waals surface area (Å²) in [6.07, 6.45) is 0. The molecule has 0 saturated carbocycles. The minimum absolute atomic E-state index is 0.292. The van der Waals surface area contributed by atoms with E-state index in [2.05, 4.69) is 10.6 Å². The van der Waals surface area contributed by atoms with Crippen LogP contribution in [0.5, 0.6) is 0 Å². The predicted octanol–water partition coefficient (Wildman–Crippen LogP) is 5.45. The molecular formula is C30H24N4O3. The Morgan fingerprint density at radius 2 is 1.35 bits per heavy atom. The molecule has 0 aromatic heterocycles. The Labute approximate surface area is 214 Å². The van der Waals surface area contributed by atoms with Crippen LogP contribution in [-0.2, 0) is 0 Å². The van der Waals surface area contributed by atoms with Crippen LogP contribution in [0.3, 0.4) is 0 Å². The van der Waals surface area contributed by atoms with Crippen LogP contribution in [0.2, 0.25) is 0 Å². The molecule has 7 heteroatoms. The summed E-state index contributed by atoms with van der Waals surface area (Å²) in [5.74, 6) is -1.17. The fourth-order valence-electron chi connectivity index (χ4n) is 3.91. The molecule has 0 fully saturated rings. The summed E-state index contributed by atoms with van der Waals surface area (Å²) in [5.41, 5.74) is 11.5. The quantitative estimate of drug-likeness (QED) is 0.334. The number of hydrogen-bond donors (Lipinski definition) is 3. The lowest BCUT2D eigenvalue weighted by atomic mass is 9.97. The van der Waals surface area contributed by atoms with E-state index in [-0.39, 0.29) is 11.8 Å². The molecule has 0 aliphatic carbocycles. The van der Waals surface area contributed by atoms with Gasteiger partial charge in [0.15, 0.2) is 0 Å². The van der Waals surface area contributed by atoms with Crippen LogP contribution in [-0.4, -0.2) is 17.7 Å². The zero-order chi connectivity index (χ0) is 26.5. The summed E-state index contributed by atoms with van der Waals surface area (Å²) < 4.78 is 0. The molecule has 0 radical (unpaired) electrons. The van der Waals surface area contributed by atoms with Gasteiger partial charge in [-0.1, -0.05) is 30.3 Å². The van der Waals surface area contributed by atoms with Crippen LogP contribution < -0.4 is 16.4 Å². The Balaban J connectivity index is 1.52. The maximum Gasteiger partial charge on any atom is 0.255 e. The molecule has 4 aromatic carbocycles. The van der Waals surface area contributed by atoms with Crippen LogP contribution >= 0.6 is 0 Å². The highest BCUT2D eigenvalue weighted by atomic mass is 16.2. The molecule has 0 spiro atoms. The number of carbonyl (C=O) groups is 3. The number of rotatable bonds is 6. The van der Waals surface area contributed by atoms with E-state index in [0.717, 1.165) is 22.3 Å². The normalized spacial score (nSPS) is 10.3. The van der Waals surface area contributed by atoms with Gasteiger partial charge >= 0.3 is 0 Å². The van der Waals surface area contributed by atoms with Crippen molar-refractivity contribution in [2.45, 2.75) is 13.8 Å². The second-order valence-corrected chi connectivity index (χ2v) is 8.60. The first-order valence-electron chi connectivity index (χ1n) is 11.5. The minimum atomic E-state index is -0.556. The van der Waals surface area contributed by atoms with E-state index < -0.39 is 5.91 Å². The molecule has 0 unspecified atom stereocenters. The van der Waals surface area contributed by atoms with Gasteiger partial charge in [-0.3, -0.25) is 14.4 Å². The molecule has 0 aliphatic heterocycles. The lowest BCUT2D eigenvalue weighted by molar-refractivity contribution is 0.0994. The highest BCUT2D eigenvalue weighted by Gasteiger charge is 2.13. The summed E-state index contributed by atoms with van der Waals surface area (Å²) in [5, 5.41) is 14.6. The van der Waals surface area contributed by atoms with Gasteiger partial charge in [-0.15, -0.1) is 0 Å². The van der Waals surface area contributed by atoms with Gasteiger partial charge in [-0.25, -0.2) is 0 Å². The number of nitrogens with one attached hydrogen (secondary N) is 2. The molecule has 0 atom stereocenters. The standard InChI is InChI=1S/C30H24N4O3/c1-18-6-8-23(30(37)34-25-13-7-19(2)27(16-25)28(32)35)15-26(18)21-9-11-22(12-10-21)29(36)33-24-5-3-4-20(14-24)17-31/h3-16H,1-2H3,(H2,32,35)(H,33,36)(H,34,37). The van der Waals surface area contributed by atoms with Gasteiger partial charge in [0, 0.05) is 28.1 Å². The number of primary amides is 1. The molecule has 4 aromatic rings. The topological polar surface area (TPSA) is 125 Å². The molecule has 0 saturated heterocycles. The lowest BCUT2D eigenvalue weighted by Gasteiger charge is -2.12. The van der Waals surface area contributed by atoms with Crippen LogP contribution in [0, 0.1) is 25.2 Å². The van der Waals surface area contributed by atoms with Gasteiger partial charge in [0.1, 0.15) is 0 Å². The smallest absolute Gasteiger partial charge is 0.255 e. The first-order valence-corrected chi connectivity index (χ1v) is 11.5. The molecule has 3 amide bonds. The third-order valence-electron chi connectivity index (χ3n) is 5.97. The molecule has 4 N–H and O–H groups in total. The third kappa shape index (κ3) is 5.72. The molecule has 4 rings (SSSR count). The van der Waals surface area contributed by atoms with Crippen molar-refractivity contribution in [3.05, 3.63) is 118 Å². The van der Waals surface area contributed by atoms with Crippen LogP contribution in [0.4, 0.5) is 11.4 Å². The van der Waals surface area contributed by atoms with Gasteiger partial charge in [-0.2, -0.15) is 5.26 Å². The number of carbonyl (C=O) groups excluding carboxylic acids is 3. The summed E-state index contributed by atoms with van der Waals surface area (Å²) in [6.45, 7) is 3.72. The van der Waals surface area contributed by atoms with Crippen molar-refractivity contribution >= 4 is 29.1 Å². The average molecular weight is 489 g/mol. The zero-order valence-electron chi connectivity index (χ0n) is 20.3. The highest BCUT2D eigenvalue weighted by molar-refractivity contribution is 6.06. The molecule has 0 aliphatic rings. The fourth-order valence-corrected chi connectivity index (χ4v) is 3.91. The Kier molecular flexibility index (Phi) is 7.12. The van der Waals surface area contributed by atoms with Crippen molar-refractivity contribution in [1.82, 2.24) is 0 Å². The SMILES string of the molecule is Cc1ccc(NC(=O)c2ccc(C)c(-c3ccc(C(=O)Nc4cccc(C#N)c4)cc3)c2)cc1C(N)=O. The Morgan fingerprint density at radius 1 is 0.730 bits per heavy atom. The maximum atomic E-state index is 12.9. The second kappa shape index (κ2) is 10.6. The van der Waals surface area contributed by atoms with Crippen molar-refractivity contribution in [2.24, 2.45) is 5.73 Å². The number of nitrogens with two attached hydrogens (primary N) is 1. The predicted molar refractivity (Wildman–Crippen MR) is 143 cm³/mol. The fraction of sp³-hybridized carbons (Fsp3) is 0.0667. The van der Waals surface area contributed by atoms with Gasteiger partial charge in [0.05, 0.1) is 11.6 Å². The number of benzene rings is 4. The maximum absolute atomic E-state index is 12.9. The highest BCUT2D eigenvalue weighted by Crippen LogP contribution is 2.26. The lowest BCUT2D eigenvalue weighted by Crippen LogP contribution is -2.15. The van der Waals surface area contributed by atoms with Crippen molar-refractivity contribution in [1.29, 1.82) is 5.26 Å². The Hall–Kier alpha value is -5.22. The average Bonchev–Trinajstić information content (AvgIpc) is 2.90. The van der Waals surface area contributed by atoms with Crippen molar-refractivity contribution < 1.29 is 14.4 Å². The molecular weight excluding hydrogens is 464 g/mol. The number of anilines is 2. The van der Waals surface area contributed by atoms with Crippen LogP contribution in [0.15, 0.2) is 84.9 Å². The van der Waals surface area contributed by atoms with Gasteiger partial charge in [0.2, 0.25) is 5.91 Å². The number of amides is 3. The zero-order valence-corrected chi connectivity index (χ0v) is 20.3. The van der Waals surface area contributed by atoms with E-state index in [1.165, 1.54) is 0 Å². The van der Waals surface area contributed by atoms with Crippen molar-refractivity contribution in [3.8, 4) is 17.2 Å². The number of nitriles is 1. The largest absolute Gasteiger partial charge is 0.366 e. The van der Waals surface area contributed by atoms with Crippen molar-refractivity contribution in [2.75, 3.05) is 10.6 Å². The van der Waals surface area contributed by atoms with Gasteiger partial charge < -0.3 is 16.4 Å². The number of aryl methyl sites for hydroxylation is 2. The van der Waals surface area contributed by atoms with E-state index in [0.29, 0.717) is 33.6 Å². The molecule has 0 bridgehead atoms. The van der Waals surface area contributed by atoms with E-state index in [1.54, 1.807) is 73.7 Å². The molecule has 182 valence electrons. The first-order chi connectivity index (χ1) is 17.7. The molecule has 37 heavy (non-hydrogen) atoms. The van der Waals surface area contributed by atoms with Crippen LogP contribution in [0.1, 0.15) is 47.8 Å². The van der Waals surface area contributed by atoms with Crippen LogP contribution in [0.25, 0.3) is 11.1 Å². The second-order valence-electron chi connectivity index (χ2n) is 8.60. The summed E-state index contributed by atoms with van der Waals surface area (Å²) in [7, 11) is 0. The summed E-state index contributed by atoms with van der Waals surface area (Å²) in [6, 6.07) is 26.2. The molecule has 7 nitrogen and oxygen atoms in total. The number of hydrogen-bond acceptors (Lipinski definition) is 4. The van der Waals surface area contributed by atoms with Gasteiger partial charge in [-0.05, 0) is 90.7 Å². The van der Waals surface area contributed by atoms with E-state index >= 15 is 0 Å². The van der Waals surface area contributed by atoms with E-state index in [1.807, 2.05) is 31.2 Å². The van der Waals surface area contributed by atoms with Crippen molar-refractivity contribution in [3.63, 3.8) is 0 Å². The van der Waals surface area contributed by atoms with E-state index in [9.17, 15) is 14.4 Å². The minimum Gasteiger partial charge on any atom is -0.366 e. The number of nitrogens with zero attached hydrogens (tertiary/aromatic N) is 1. The summed E-state index contributed by atoms with van der Waals surface area (Å²) >= 11 is 0. The monoisotopic (exact) mass is 488 g/mol. The van der Waals surface area contributed by atoms with Gasteiger partial charge in [0.25, 0.3) is 11.8 Å².